The molecule has 1 aromatic carbocycles. The Labute approximate surface area is 118 Å². The van der Waals surface area contributed by atoms with Crippen molar-refractivity contribution in [1.29, 1.82) is 0 Å². The average molecular weight is 273 g/mol. The Morgan fingerprint density at radius 3 is 2.80 bits per heavy atom. The van der Waals surface area contributed by atoms with Crippen molar-refractivity contribution in [3.63, 3.8) is 0 Å². The summed E-state index contributed by atoms with van der Waals surface area (Å²) in [5.74, 6) is -0.148. The van der Waals surface area contributed by atoms with Crippen LogP contribution >= 0.6 is 0 Å². The second-order valence-corrected chi connectivity index (χ2v) is 4.40. The number of anilines is 2. The molecule has 0 unspecified atom stereocenters. The van der Waals surface area contributed by atoms with Crippen LogP contribution in [0.15, 0.2) is 30.5 Å². The predicted molar refractivity (Wildman–Crippen MR) is 79.5 cm³/mol. The smallest absolute Gasteiger partial charge is 0.251 e. The Hall–Kier alpha value is -2.50. The minimum absolute atomic E-state index is 0.148. The Kier molecular flexibility index (Phi) is 4.24. The van der Waals surface area contributed by atoms with E-state index in [1.807, 2.05) is 23.9 Å². The molecule has 0 saturated heterocycles. The fourth-order valence-electron chi connectivity index (χ4n) is 1.87. The second-order valence-electron chi connectivity index (χ2n) is 4.40. The van der Waals surface area contributed by atoms with E-state index in [1.165, 1.54) is 0 Å². The zero-order valence-corrected chi connectivity index (χ0v) is 11.7. The quantitative estimate of drug-likeness (QED) is 0.720. The lowest BCUT2D eigenvalue weighted by Gasteiger charge is -2.09. The number of carbonyl (C=O) groups is 1. The molecule has 106 valence electrons. The van der Waals surface area contributed by atoms with Gasteiger partial charge in [0.1, 0.15) is 0 Å². The lowest BCUT2D eigenvalue weighted by atomic mass is 10.1. The fraction of sp³-hybridized carbons (Fsp3) is 0.286. The molecule has 6 heteroatoms. The standard InChI is InChI=1S/C14H19N5O/c1-3-19-7-6-11(18-19)9-17-13-5-4-10(8-12(13)15)14(20)16-2/h4-8,17H,3,9,15H2,1-2H3,(H,16,20). The third kappa shape index (κ3) is 3.09. The third-order valence-corrected chi connectivity index (χ3v) is 3.02. The molecule has 1 amide bonds. The molecule has 0 aliphatic heterocycles. The largest absolute Gasteiger partial charge is 0.397 e. The molecule has 6 nitrogen and oxygen atoms in total. The number of hydrogen-bond acceptors (Lipinski definition) is 4. The van der Waals surface area contributed by atoms with E-state index in [-0.39, 0.29) is 5.91 Å². The number of nitrogens with one attached hydrogen (secondary N) is 2. The maximum atomic E-state index is 11.5. The highest BCUT2D eigenvalue weighted by Crippen LogP contribution is 2.20. The number of aryl methyl sites for hydroxylation is 1. The van der Waals surface area contributed by atoms with Crippen LogP contribution in [0.4, 0.5) is 11.4 Å². The molecule has 0 aliphatic rings. The maximum absolute atomic E-state index is 11.5. The third-order valence-electron chi connectivity index (χ3n) is 3.02. The Morgan fingerprint density at radius 2 is 2.20 bits per heavy atom. The molecule has 2 rings (SSSR count). The van der Waals surface area contributed by atoms with Gasteiger partial charge in [0.15, 0.2) is 0 Å². The van der Waals surface area contributed by atoms with Gasteiger partial charge in [0.05, 0.1) is 23.6 Å². The molecule has 0 saturated carbocycles. The maximum Gasteiger partial charge on any atom is 0.251 e. The summed E-state index contributed by atoms with van der Waals surface area (Å²) < 4.78 is 1.87. The topological polar surface area (TPSA) is 85.0 Å². The number of hydrogen-bond donors (Lipinski definition) is 3. The van der Waals surface area contributed by atoms with Gasteiger partial charge in [-0.1, -0.05) is 0 Å². The number of nitrogens with zero attached hydrogens (tertiary/aromatic N) is 2. The van der Waals surface area contributed by atoms with Gasteiger partial charge in [-0.2, -0.15) is 5.10 Å². The zero-order valence-electron chi connectivity index (χ0n) is 11.7. The normalized spacial score (nSPS) is 10.3. The van der Waals surface area contributed by atoms with Gasteiger partial charge in [0, 0.05) is 25.4 Å². The first-order valence-corrected chi connectivity index (χ1v) is 6.52. The second kappa shape index (κ2) is 6.10. The number of benzene rings is 1. The summed E-state index contributed by atoms with van der Waals surface area (Å²) in [5, 5.41) is 10.2. The van der Waals surface area contributed by atoms with Gasteiger partial charge in [0.25, 0.3) is 5.91 Å². The molecule has 0 bridgehead atoms. The van der Waals surface area contributed by atoms with Crippen LogP contribution in [0.25, 0.3) is 0 Å². The number of nitrogen functional groups attached to an aromatic ring is 1. The van der Waals surface area contributed by atoms with Crippen LogP contribution in [-0.2, 0) is 13.1 Å². The first-order chi connectivity index (χ1) is 9.63. The molecule has 1 heterocycles. The highest BCUT2D eigenvalue weighted by Gasteiger charge is 2.06. The van der Waals surface area contributed by atoms with Crippen LogP contribution in [-0.4, -0.2) is 22.7 Å². The number of amides is 1. The van der Waals surface area contributed by atoms with E-state index in [1.54, 1.807) is 25.2 Å². The summed E-state index contributed by atoms with van der Waals surface area (Å²) in [4.78, 5) is 11.5. The predicted octanol–water partition coefficient (Wildman–Crippen LogP) is 1.46. The Bertz CT molecular complexity index is 605. The zero-order chi connectivity index (χ0) is 14.5. The van der Waals surface area contributed by atoms with Crippen molar-refractivity contribution in [2.24, 2.45) is 0 Å². The van der Waals surface area contributed by atoms with Crippen molar-refractivity contribution in [2.45, 2.75) is 20.0 Å². The van der Waals surface area contributed by atoms with Gasteiger partial charge in [-0.05, 0) is 31.2 Å². The van der Waals surface area contributed by atoms with Crippen LogP contribution in [0.3, 0.4) is 0 Å². The van der Waals surface area contributed by atoms with Crippen LogP contribution < -0.4 is 16.4 Å². The van der Waals surface area contributed by atoms with Crippen LogP contribution in [0.2, 0.25) is 0 Å². The van der Waals surface area contributed by atoms with Crippen LogP contribution in [0, 0.1) is 0 Å². The summed E-state index contributed by atoms with van der Waals surface area (Å²) >= 11 is 0. The number of aromatic nitrogens is 2. The summed E-state index contributed by atoms with van der Waals surface area (Å²) in [6.45, 7) is 3.49. The lowest BCUT2D eigenvalue weighted by Crippen LogP contribution is -2.18. The summed E-state index contributed by atoms with van der Waals surface area (Å²) in [5.41, 5.74) is 8.77. The molecule has 4 N–H and O–H groups in total. The molecular weight excluding hydrogens is 254 g/mol. The van der Waals surface area contributed by atoms with E-state index in [0.29, 0.717) is 17.8 Å². The van der Waals surface area contributed by atoms with E-state index in [4.69, 9.17) is 5.73 Å². The van der Waals surface area contributed by atoms with Gasteiger partial charge in [-0.15, -0.1) is 0 Å². The summed E-state index contributed by atoms with van der Waals surface area (Å²) in [6, 6.07) is 7.16. The van der Waals surface area contributed by atoms with Crippen molar-refractivity contribution in [3.05, 3.63) is 41.7 Å². The summed E-state index contributed by atoms with van der Waals surface area (Å²) in [6.07, 6.45) is 1.94. The average Bonchev–Trinajstić information content (AvgIpc) is 2.93. The highest BCUT2D eigenvalue weighted by atomic mass is 16.1. The van der Waals surface area contributed by atoms with Gasteiger partial charge < -0.3 is 16.4 Å². The van der Waals surface area contributed by atoms with E-state index < -0.39 is 0 Å². The van der Waals surface area contributed by atoms with Crippen LogP contribution in [0.1, 0.15) is 23.0 Å². The van der Waals surface area contributed by atoms with E-state index >= 15 is 0 Å². The van der Waals surface area contributed by atoms with Gasteiger partial charge >= 0.3 is 0 Å². The molecule has 0 aliphatic carbocycles. The van der Waals surface area contributed by atoms with Gasteiger partial charge in [0.2, 0.25) is 0 Å². The first kappa shape index (κ1) is 13.9. The fourth-order valence-corrected chi connectivity index (χ4v) is 1.87. The van der Waals surface area contributed by atoms with E-state index in [0.717, 1.165) is 17.9 Å². The number of nitrogens with two attached hydrogens (primary N) is 1. The molecule has 20 heavy (non-hydrogen) atoms. The van der Waals surface area contributed by atoms with E-state index in [2.05, 4.69) is 15.7 Å². The summed E-state index contributed by atoms with van der Waals surface area (Å²) in [7, 11) is 1.59. The monoisotopic (exact) mass is 273 g/mol. The molecule has 0 atom stereocenters. The lowest BCUT2D eigenvalue weighted by molar-refractivity contribution is 0.0963. The molecule has 1 aromatic heterocycles. The van der Waals surface area contributed by atoms with Crippen molar-refractivity contribution in [1.82, 2.24) is 15.1 Å². The van der Waals surface area contributed by atoms with Gasteiger partial charge in [-0.25, -0.2) is 0 Å². The Balaban J connectivity index is 2.04. The molecular formula is C14H19N5O. The minimum Gasteiger partial charge on any atom is -0.397 e. The van der Waals surface area contributed by atoms with Crippen molar-refractivity contribution in [2.75, 3.05) is 18.1 Å². The van der Waals surface area contributed by atoms with Crippen molar-refractivity contribution < 1.29 is 4.79 Å². The minimum atomic E-state index is -0.148. The molecule has 0 fully saturated rings. The van der Waals surface area contributed by atoms with E-state index in [9.17, 15) is 4.79 Å². The number of carbonyl (C=O) groups excluding carboxylic acids is 1. The van der Waals surface area contributed by atoms with Gasteiger partial charge in [-0.3, -0.25) is 9.48 Å². The highest BCUT2D eigenvalue weighted by molar-refractivity contribution is 5.95. The molecule has 0 radical (unpaired) electrons. The number of rotatable bonds is 5. The first-order valence-electron chi connectivity index (χ1n) is 6.52. The van der Waals surface area contributed by atoms with Crippen LogP contribution in [0.5, 0.6) is 0 Å². The van der Waals surface area contributed by atoms with Crippen molar-refractivity contribution in [3.8, 4) is 0 Å². The SMILES string of the molecule is CCn1ccc(CNc2ccc(C(=O)NC)cc2N)n1. The Morgan fingerprint density at radius 1 is 1.40 bits per heavy atom. The van der Waals surface area contributed by atoms with Crippen molar-refractivity contribution >= 4 is 17.3 Å². The molecule has 0 spiro atoms. The molecule has 2 aromatic rings.